The van der Waals surface area contributed by atoms with E-state index in [4.69, 9.17) is 55.5 Å². The number of rotatable bonds is 26. The highest BCUT2D eigenvalue weighted by Gasteiger charge is 2.09. The minimum Gasteiger partial charge on any atom is -0.508 e. The third kappa shape index (κ3) is 41.4. The Morgan fingerprint density at radius 1 is 0.391 bits per heavy atom. The third-order valence-corrected chi connectivity index (χ3v) is 11.7. The van der Waals surface area contributed by atoms with E-state index >= 15 is 0 Å². The number of carboxylic acid groups (broad SMARTS) is 2. The zero-order valence-electron chi connectivity index (χ0n) is 54.3. The number of hydrogen-bond acceptors (Lipinski definition) is 19. The van der Waals surface area contributed by atoms with Crippen molar-refractivity contribution < 1.29 is 85.9 Å². The predicted octanol–water partition coefficient (Wildman–Crippen LogP) is 2.71. The predicted molar refractivity (Wildman–Crippen MR) is 363 cm³/mol. The number of aliphatic hydroxyl groups excluding tert-OH is 2. The fourth-order valence-electron chi connectivity index (χ4n) is 7.18. The van der Waals surface area contributed by atoms with Crippen molar-refractivity contribution in [2.75, 3.05) is 91.8 Å². The maximum Gasteiger partial charge on any atom is 0.335 e. The molecule has 26 nitrogen and oxygen atoms in total. The Hall–Kier alpha value is -8.97. The Morgan fingerprint density at radius 2 is 0.620 bits per heavy atom. The van der Waals surface area contributed by atoms with Crippen LogP contribution < -0.4 is 49.1 Å². The first kappa shape index (κ1) is 83.0. The molecule has 0 atom stereocenters. The fourth-order valence-corrected chi connectivity index (χ4v) is 7.18. The number of amides is 3. The van der Waals surface area contributed by atoms with Crippen LogP contribution >= 0.6 is 0 Å². The smallest absolute Gasteiger partial charge is 0.335 e. The lowest BCUT2D eigenvalue weighted by Gasteiger charge is -2.08. The third-order valence-electron chi connectivity index (χ3n) is 11.7. The van der Waals surface area contributed by atoms with Crippen molar-refractivity contribution in [2.45, 2.75) is 52.4 Å². The number of aliphatic hydroxyl groups is 2. The molecule has 3 amide bonds. The number of nitrogens with one attached hydrogen (secondary N) is 6. The van der Waals surface area contributed by atoms with Crippen LogP contribution in [-0.4, -0.2) is 194 Å². The zero-order valence-corrected chi connectivity index (χ0v) is 52.3. The quantitative estimate of drug-likeness (QED) is 0.0274. The molecule has 27 heteroatoms. The highest BCUT2D eigenvalue weighted by molar-refractivity contribution is 5.99. The second-order valence-corrected chi connectivity index (χ2v) is 18.9. The van der Waals surface area contributed by atoms with Gasteiger partial charge in [-0.2, -0.15) is 0 Å². The summed E-state index contributed by atoms with van der Waals surface area (Å²) in [6.45, 7) is 13.2. The van der Waals surface area contributed by atoms with Crippen LogP contribution in [0.4, 0.5) is 0 Å². The van der Waals surface area contributed by atoms with Crippen LogP contribution in [0.1, 0.15) is 104 Å². The molecule has 7 aromatic rings. The highest BCUT2D eigenvalue weighted by Crippen LogP contribution is 2.22. The Balaban J connectivity index is -0.00000113. The van der Waals surface area contributed by atoms with Gasteiger partial charge in [0.25, 0.3) is 25.7 Å². The molecule has 0 aromatic heterocycles. The van der Waals surface area contributed by atoms with Crippen LogP contribution in [0.5, 0.6) is 28.7 Å². The summed E-state index contributed by atoms with van der Waals surface area (Å²) in [5.41, 5.74) is 18.0. The summed E-state index contributed by atoms with van der Waals surface area (Å²) < 4.78 is 11.6. The average Bonchev–Trinajstić information content (AvgIpc) is 0.875. The molecule has 0 aliphatic carbocycles. The Bertz CT molecular complexity index is 3120. The van der Waals surface area contributed by atoms with Crippen molar-refractivity contribution in [3.63, 3.8) is 0 Å². The number of fused-ring (bicyclic) bond motifs is 2. The van der Waals surface area contributed by atoms with Crippen LogP contribution in [0.25, 0.3) is 21.5 Å². The molecule has 0 radical (unpaired) electrons. The second kappa shape index (κ2) is 56.1. The van der Waals surface area contributed by atoms with Crippen LogP contribution in [0.15, 0.2) is 146 Å². The van der Waals surface area contributed by atoms with Gasteiger partial charge in [-0.25, -0.2) is 9.59 Å². The molecule has 0 bridgehead atoms. The molecule has 0 fully saturated rings. The maximum atomic E-state index is 12.3. The van der Waals surface area contributed by atoms with Crippen LogP contribution in [0, 0.1) is 0 Å². The molecule has 0 saturated heterocycles. The van der Waals surface area contributed by atoms with E-state index in [1.54, 1.807) is 86.6 Å². The molecule has 0 aliphatic heterocycles. The van der Waals surface area contributed by atoms with Gasteiger partial charge in [0, 0.05) is 52.2 Å². The van der Waals surface area contributed by atoms with Gasteiger partial charge in [-0.15, -0.1) is 0 Å². The van der Waals surface area contributed by atoms with Gasteiger partial charge in [-0.1, -0.05) is 24.3 Å². The molecular formula is C65H98BN9O17. The van der Waals surface area contributed by atoms with Gasteiger partial charge in [-0.3, -0.25) is 14.4 Å². The number of aromatic hydroxyl groups is 5. The molecule has 0 saturated carbocycles. The largest absolute Gasteiger partial charge is 0.508 e. The summed E-state index contributed by atoms with van der Waals surface area (Å²) in [6.07, 6.45) is 5.57. The molecular weight excluding hydrogens is 1190 g/mol. The normalized spacial score (nSPS) is 9.87. The van der Waals surface area contributed by atoms with Gasteiger partial charge in [-0.05, 0) is 254 Å². The van der Waals surface area contributed by atoms with Gasteiger partial charge in [0.1, 0.15) is 28.7 Å². The van der Waals surface area contributed by atoms with E-state index in [0.29, 0.717) is 42.9 Å². The van der Waals surface area contributed by atoms with Crippen LogP contribution in [0.3, 0.4) is 0 Å². The first-order chi connectivity index (χ1) is 44.1. The summed E-state index contributed by atoms with van der Waals surface area (Å²) in [5, 5.41) is 107. The first-order valence-corrected chi connectivity index (χ1v) is 29.2. The van der Waals surface area contributed by atoms with E-state index in [0.717, 1.165) is 112 Å². The van der Waals surface area contributed by atoms with Crippen molar-refractivity contribution >= 4 is 59.2 Å². The van der Waals surface area contributed by atoms with E-state index in [2.05, 4.69) is 31.9 Å². The second-order valence-electron chi connectivity index (χ2n) is 18.9. The Kier molecular flexibility index (Phi) is 50.6. The monoisotopic (exact) mass is 1290 g/mol. The number of benzene rings is 7. The van der Waals surface area contributed by atoms with Crippen LogP contribution in [-0.2, 0) is 0 Å². The van der Waals surface area contributed by atoms with Gasteiger partial charge >= 0.3 is 11.9 Å². The summed E-state index contributed by atoms with van der Waals surface area (Å²) >= 11 is 0. The first-order valence-electron chi connectivity index (χ1n) is 30.4. The minimum atomic E-state index is -1.67. The molecule has 0 heterocycles. The summed E-state index contributed by atoms with van der Waals surface area (Å²) in [6, 6.07) is 37.8. The van der Waals surface area contributed by atoms with E-state index in [-0.39, 0.29) is 81.8 Å². The summed E-state index contributed by atoms with van der Waals surface area (Å²) in [7, 11) is -1.67. The maximum absolute atomic E-state index is 12.3. The van der Waals surface area contributed by atoms with E-state index in [9.17, 15) is 39.3 Å². The Labute approximate surface area is 541 Å². The molecule has 26 N–H and O–H groups in total. The van der Waals surface area contributed by atoms with E-state index in [1.165, 1.54) is 60.7 Å². The van der Waals surface area contributed by atoms with Crippen molar-refractivity contribution in [3.05, 3.63) is 173 Å². The number of hydrogen-bond donors (Lipinski definition) is 19. The summed E-state index contributed by atoms with van der Waals surface area (Å²) in [5.74, 6) is -1.56. The van der Waals surface area contributed by atoms with Gasteiger partial charge < -0.3 is 111 Å². The molecule has 0 unspecified atom stereocenters. The number of carbonyl (C=O) groups excluding carboxylic acids is 3. The SMILES string of the molecule is CCO.CCO.NCCCNCCCN.NCCCNCCCNC(=O)c1ccc(O)cc1.O.O.O=C(NCCCNCCCNC(=O)c1ccc2cc(O)ccc2c1)c1ccc(O)cc1.O=C(O)c1ccc(O)cc1.O=C(O)c1ccc2cc(O)ccc2c1.[2H]B([3H])O. The topological polar surface area (TPSA) is 501 Å². The molecule has 0 spiro atoms. The number of carboxylic acids is 2. The number of phenolic OH excluding ortho intramolecular Hbond substituents is 5. The zero-order chi connectivity index (χ0) is 68.9. The fraction of sp³-hybridized carbons (Fsp3) is 0.338. The molecule has 7 rings (SSSR count). The molecule has 92 heavy (non-hydrogen) atoms. The van der Waals surface area contributed by atoms with Gasteiger partial charge in [0.05, 0.1) is 11.1 Å². The summed E-state index contributed by atoms with van der Waals surface area (Å²) in [4.78, 5) is 56.8. The highest BCUT2D eigenvalue weighted by atomic mass is 16.4. The average molecular weight is 1290 g/mol. The lowest BCUT2D eigenvalue weighted by molar-refractivity contribution is 0.0686. The van der Waals surface area contributed by atoms with Crippen molar-refractivity contribution in [1.82, 2.24) is 31.9 Å². The molecule has 7 aromatic carbocycles. The molecule has 508 valence electrons. The Morgan fingerprint density at radius 3 is 0.924 bits per heavy atom. The molecule has 0 aliphatic rings. The van der Waals surface area contributed by atoms with Crippen molar-refractivity contribution in [1.29, 1.82) is 2.67 Å². The number of phenols is 5. The van der Waals surface area contributed by atoms with E-state index < -0.39 is 19.9 Å². The minimum absolute atomic E-state index is 0. The number of nitrogens with two attached hydrogens (primary N) is 3. The number of aromatic carboxylic acids is 2. The van der Waals surface area contributed by atoms with Crippen LogP contribution in [0.2, 0.25) is 0 Å². The van der Waals surface area contributed by atoms with E-state index in [1.807, 2.05) is 12.1 Å². The number of carbonyl (C=O) groups is 5. The van der Waals surface area contributed by atoms with Crippen molar-refractivity contribution in [2.24, 2.45) is 17.2 Å². The standard InChI is InChI=1S/C24H27N3O4.C13H21N3O2.C11H8O3.C7H6O3.C6H17N3.2C2H6O.BH3O.2H2O/c28-21-8-5-17(6-9-21)23(30)26-13-1-11-25-12-2-14-27-24(31)20-4-3-19-16-22(29)10-7-18(19)15-20;14-7-1-8-15-9-2-10-16-13(18)11-3-5-12(17)6-4-11;12-10-4-3-7-5-9(11(13)14)2-1-8(7)6-10;8-6-3-1-5(2-4-6)7(9)10;7-3-1-5-9-6-2-4-8;2*1-2-3;1-2;;/h3-10,15-16,25,28-29H,1-2,11-14H2,(H,26,30)(H,27,31);3-6,15,17H,1-2,7-10,14H2,(H,16,18);1-6,12H,(H,13,14);1-4,8H,(H,9,10);9H,1-8H2;2*3H,2H2,1H3;2H,1H2;2*1H2/i;;;;;;;1TD;;. The van der Waals surface area contributed by atoms with Gasteiger partial charge in [0.15, 0.2) is 0 Å². The van der Waals surface area contributed by atoms with Crippen molar-refractivity contribution in [3.8, 4) is 28.7 Å². The van der Waals surface area contributed by atoms with Gasteiger partial charge in [0.2, 0.25) is 0 Å². The lowest BCUT2D eigenvalue weighted by Crippen LogP contribution is -2.29. The lowest BCUT2D eigenvalue weighted by atomic mass is 10.1.